The lowest BCUT2D eigenvalue weighted by molar-refractivity contribution is 0.0378. The predicted molar refractivity (Wildman–Crippen MR) is 134 cm³/mol. The van der Waals surface area contributed by atoms with E-state index in [0.29, 0.717) is 17.9 Å². The molecule has 0 radical (unpaired) electrons. The van der Waals surface area contributed by atoms with E-state index in [1.807, 2.05) is 0 Å². The van der Waals surface area contributed by atoms with Gasteiger partial charge in [0.25, 0.3) is 5.56 Å². The molecule has 0 aliphatic carbocycles. The third-order valence-corrected chi connectivity index (χ3v) is 6.52. The molecule has 194 valence electrons. The lowest BCUT2D eigenvalue weighted by Gasteiger charge is -2.26. The number of aromatic amines is 1. The maximum atomic E-state index is 14.0. The Bertz CT molecular complexity index is 1240. The summed E-state index contributed by atoms with van der Waals surface area (Å²) in [7, 11) is 0. The molecule has 0 saturated carbocycles. The highest BCUT2D eigenvalue weighted by Gasteiger charge is 2.17. The molecule has 36 heavy (non-hydrogen) atoms. The van der Waals surface area contributed by atoms with Crippen LogP contribution in [0.25, 0.3) is 11.2 Å². The molecule has 13 heteroatoms. The van der Waals surface area contributed by atoms with Crippen LogP contribution in [0.3, 0.4) is 0 Å². The summed E-state index contributed by atoms with van der Waals surface area (Å²) in [6, 6.07) is 3.63. The highest BCUT2D eigenvalue weighted by molar-refractivity contribution is 7.98. The lowest BCUT2D eigenvalue weighted by atomic mass is 10.2. The molecule has 1 unspecified atom stereocenters. The molecule has 3 heterocycles. The van der Waals surface area contributed by atoms with E-state index < -0.39 is 17.2 Å². The minimum absolute atomic E-state index is 0.0878. The standard InChI is InChI=1S/C23H29F2N7O3S/c1-14(12-33)27-19-18-20(31-23(30-19)36-13-15-4-2-5-16(24)17(15)25)29-22(34)21(28-18)26-6-3-7-32-8-10-35-11-9-32/h2,4-5,14,33H,3,6-13H2,1H3,(H,26,28)(H2,27,29,30,31,34). The Kier molecular flexibility index (Phi) is 9.02. The number of thioether (sulfide) groups is 1. The number of benzene rings is 1. The molecule has 0 spiro atoms. The number of morpholine rings is 1. The van der Waals surface area contributed by atoms with Crippen LogP contribution in [0, 0.1) is 11.6 Å². The van der Waals surface area contributed by atoms with Crippen molar-refractivity contribution in [3.05, 3.63) is 45.8 Å². The zero-order valence-electron chi connectivity index (χ0n) is 19.9. The number of nitrogens with one attached hydrogen (secondary N) is 3. The molecule has 1 saturated heterocycles. The summed E-state index contributed by atoms with van der Waals surface area (Å²) in [4.78, 5) is 31.0. The van der Waals surface area contributed by atoms with Gasteiger partial charge in [-0.1, -0.05) is 23.9 Å². The number of anilines is 2. The Morgan fingerprint density at radius 1 is 1.22 bits per heavy atom. The van der Waals surface area contributed by atoms with Gasteiger partial charge in [-0.2, -0.15) is 0 Å². The molecule has 3 aromatic rings. The fraction of sp³-hybridized carbons (Fsp3) is 0.478. The van der Waals surface area contributed by atoms with E-state index >= 15 is 0 Å². The van der Waals surface area contributed by atoms with Crippen LogP contribution in [-0.2, 0) is 10.5 Å². The number of H-pyrrole nitrogens is 1. The molecule has 4 N–H and O–H groups in total. The van der Waals surface area contributed by atoms with Crippen LogP contribution in [0.4, 0.5) is 20.4 Å². The van der Waals surface area contributed by atoms with Gasteiger partial charge in [-0.15, -0.1) is 0 Å². The van der Waals surface area contributed by atoms with E-state index in [-0.39, 0.29) is 40.6 Å². The lowest BCUT2D eigenvalue weighted by Crippen LogP contribution is -2.37. The van der Waals surface area contributed by atoms with Crippen molar-refractivity contribution in [3.8, 4) is 0 Å². The van der Waals surface area contributed by atoms with Crippen molar-refractivity contribution in [2.24, 2.45) is 0 Å². The van der Waals surface area contributed by atoms with E-state index in [2.05, 4.69) is 35.5 Å². The fourth-order valence-electron chi connectivity index (χ4n) is 3.66. The zero-order valence-corrected chi connectivity index (χ0v) is 20.7. The van der Waals surface area contributed by atoms with Crippen LogP contribution in [0.1, 0.15) is 18.9 Å². The maximum Gasteiger partial charge on any atom is 0.292 e. The number of fused-ring (bicyclic) bond motifs is 1. The average Bonchev–Trinajstić information content (AvgIpc) is 2.88. The number of aliphatic hydroxyl groups excluding tert-OH is 1. The molecule has 0 bridgehead atoms. The number of nitrogens with zero attached hydrogens (tertiary/aromatic N) is 4. The highest BCUT2D eigenvalue weighted by atomic mass is 32.2. The van der Waals surface area contributed by atoms with Crippen LogP contribution in [0.5, 0.6) is 0 Å². The van der Waals surface area contributed by atoms with Crippen LogP contribution < -0.4 is 16.2 Å². The average molecular weight is 522 g/mol. The maximum absolute atomic E-state index is 14.0. The van der Waals surface area contributed by atoms with Crippen LogP contribution in [0.15, 0.2) is 28.2 Å². The first-order chi connectivity index (χ1) is 17.4. The summed E-state index contributed by atoms with van der Waals surface area (Å²) in [5.74, 6) is -1.29. The second-order valence-corrected chi connectivity index (χ2v) is 9.37. The van der Waals surface area contributed by atoms with Gasteiger partial charge in [-0.05, 0) is 26.0 Å². The van der Waals surface area contributed by atoms with Gasteiger partial charge >= 0.3 is 0 Å². The van der Waals surface area contributed by atoms with E-state index in [4.69, 9.17) is 4.74 Å². The molecule has 1 aromatic carbocycles. The minimum atomic E-state index is -0.926. The Morgan fingerprint density at radius 2 is 2.03 bits per heavy atom. The van der Waals surface area contributed by atoms with Crippen LogP contribution in [-0.4, -0.2) is 82.0 Å². The fourth-order valence-corrected chi connectivity index (χ4v) is 4.48. The molecule has 1 fully saturated rings. The van der Waals surface area contributed by atoms with Gasteiger partial charge < -0.3 is 25.5 Å². The van der Waals surface area contributed by atoms with Crippen molar-refractivity contribution in [1.82, 2.24) is 24.8 Å². The predicted octanol–water partition coefficient (Wildman–Crippen LogP) is 2.21. The summed E-state index contributed by atoms with van der Waals surface area (Å²) < 4.78 is 32.9. The van der Waals surface area contributed by atoms with Gasteiger partial charge in [0.2, 0.25) is 0 Å². The molecule has 1 aliphatic heterocycles. The Balaban J connectivity index is 1.52. The number of hydrogen-bond donors (Lipinski definition) is 4. The summed E-state index contributed by atoms with van der Waals surface area (Å²) >= 11 is 1.09. The van der Waals surface area contributed by atoms with Crippen molar-refractivity contribution in [2.45, 2.75) is 30.3 Å². The Labute approximate surface area is 210 Å². The number of rotatable bonds is 11. The Morgan fingerprint density at radius 3 is 2.81 bits per heavy atom. The van der Waals surface area contributed by atoms with Crippen LogP contribution in [0.2, 0.25) is 0 Å². The first-order valence-corrected chi connectivity index (χ1v) is 12.7. The van der Waals surface area contributed by atoms with Gasteiger partial charge in [0.05, 0.1) is 19.8 Å². The van der Waals surface area contributed by atoms with Gasteiger partial charge in [-0.3, -0.25) is 9.69 Å². The van der Waals surface area contributed by atoms with Crippen LogP contribution >= 0.6 is 11.8 Å². The Hall–Kier alpha value is -2.87. The normalized spacial score (nSPS) is 15.2. The minimum Gasteiger partial charge on any atom is -0.394 e. The molecule has 0 amide bonds. The van der Waals surface area contributed by atoms with Crippen molar-refractivity contribution in [1.29, 1.82) is 0 Å². The van der Waals surface area contributed by atoms with Gasteiger partial charge in [0.15, 0.2) is 39.6 Å². The van der Waals surface area contributed by atoms with E-state index in [1.54, 1.807) is 6.92 Å². The summed E-state index contributed by atoms with van der Waals surface area (Å²) in [6.07, 6.45) is 0.828. The number of aliphatic hydroxyl groups is 1. The largest absolute Gasteiger partial charge is 0.394 e. The highest BCUT2D eigenvalue weighted by Crippen LogP contribution is 2.26. The smallest absolute Gasteiger partial charge is 0.292 e. The molecule has 1 aliphatic rings. The number of halogens is 2. The quantitative estimate of drug-likeness (QED) is 0.169. The first kappa shape index (κ1) is 26.2. The number of hydrogen-bond acceptors (Lipinski definition) is 10. The molecule has 2 aromatic heterocycles. The van der Waals surface area contributed by atoms with E-state index in [9.17, 15) is 18.7 Å². The SMILES string of the molecule is CC(CO)Nc1nc(SCc2cccc(F)c2F)nc2[nH]c(=O)c(NCCCN3CCOCC3)nc12. The molecular formula is C23H29F2N7O3S. The zero-order chi connectivity index (χ0) is 25.5. The van der Waals surface area contributed by atoms with Crippen molar-refractivity contribution in [2.75, 3.05) is 56.6 Å². The van der Waals surface area contributed by atoms with E-state index in [1.165, 1.54) is 12.1 Å². The number of aromatic nitrogens is 4. The molecule has 1 atom stereocenters. The second-order valence-electron chi connectivity index (χ2n) is 8.43. The van der Waals surface area contributed by atoms with Crippen molar-refractivity contribution < 1.29 is 18.6 Å². The first-order valence-electron chi connectivity index (χ1n) is 11.7. The van der Waals surface area contributed by atoms with Gasteiger partial charge in [-0.25, -0.2) is 23.7 Å². The summed E-state index contributed by atoms with van der Waals surface area (Å²) in [5, 5.41) is 15.9. The third-order valence-electron chi connectivity index (χ3n) is 5.63. The summed E-state index contributed by atoms with van der Waals surface area (Å²) in [5.41, 5.74) is 0.265. The van der Waals surface area contributed by atoms with Gasteiger partial charge in [0, 0.05) is 37.0 Å². The molecular weight excluding hydrogens is 492 g/mol. The van der Waals surface area contributed by atoms with E-state index in [0.717, 1.165) is 57.1 Å². The van der Waals surface area contributed by atoms with Gasteiger partial charge in [0.1, 0.15) is 0 Å². The molecule has 4 rings (SSSR count). The van der Waals surface area contributed by atoms with Crippen molar-refractivity contribution >= 4 is 34.6 Å². The monoisotopic (exact) mass is 521 g/mol. The topological polar surface area (TPSA) is 128 Å². The molecule has 10 nitrogen and oxygen atoms in total. The summed E-state index contributed by atoms with van der Waals surface area (Å²) in [6.45, 7) is 6.32. The number of ether oxygens (including phenoxy) is 1. The third kappa shape index (κ3) is 6.66. The van der Waals surface area contributed by atoms with Crippen molar-refractivity contribution in [3.63, 3.8) is 0 Å². The second kappa shape index (κ2) is 12.4.